The van der Waals surface area contributed by atoms with Gasteiger partial charge in [-0.1, -0.05) is 0 Å². The molecule has 1 aromatic rings. The van der Waals surface area contributed by atoms with E-state index in [2.05, 4.69) is 15.5 Å². The van der Waals surface area contributed by atoms with Crippen LogP contribution in [-0.4, -0.2) is 46.1 Å². The van der Waals surface area contributed by atoms with Gasteiger partial charge in [0.25, 0.3) is 0 Å². The summed E-state index contributed by atoms with van der Waals surface area (Å²) in [6, 6.07) is 0. The van der Waals surface area contributed by atoms with Gasteiger partial charge in [-0.25, -0.2) is 4.68 Å². The SMILES string of the molecule is COC1(CCn2nnnc2C2CCOCC2)CCC1. The lowest BCUT2D eigenvalue weighted by Gasteiger charge is -2.40. The lowest BCUT2D eigenvalue weighted by atomic mass is 9.77. The molecule has 2 heterocycles. The number of ether oxygens (including phenoxy) is 2. The average molecular weight is 266 g/mol. The Morgan fingerprint density at radius 2 is 2.16 bits per heavy atom. The van der Waals surface area contributed by atoms with Crippen LogP contribution < -0.4 is 0 Å². The van der Waals surface area contributed by atoms with E-state index in [0.29, 0.717) is 5.92 Å². The normalized spacial score (nSPS) is 23.2. The van der Waals surface area contributed by atoms with Gasteiger partial charge < -0.3 is 9.47 Å². The van der Waals surface area contributed by atoms with Gasteiger partial charge in [0.2, 0.25) is 0 Å². The van der Waals surface area contributed by atoms with E-state index < -0.39 is 0 Å². The molecule has 2 fully saturated rings. The van der Waals surface area contributed by atoms with Crippen LogP contribution >= 0.6 is 0 Å². The third-order valence-corrected chi connectivity index (χ3v) is 4.62. The van der Waals surface area contributed by atoms with Crippen molar-refractivity contribution < 1.29 is 9.47 Å². The van der Waals surface area contributed by atoms with Gasteiger partial charge in [-0.15, -0.1) is 5.10 Å². The quantitative estimate of drug-likeness (QED) is 0.808. The van der Waals surface area contributed by atoms with Crippen LogP contribution in [0.25, 0.3) is 0 Å². The highest BCUT2D eigenvalue weighted by Crippen LogP contribution is 2.38. The van der Waals surface area contributed by atoms with Gasteiger partial charge in [0.1, 0.15) is 0 Å². The largest absolute Gasteiger partial charge is 0.381 e. The Labute approximate surface area is 113 Å². The molecule has 0 unspecified atom stereocenters. The van der Waals surface area contributed by atoms with Crippen LogP contribution in [0.5, 0.6) is 0 Å². The Bertz CT molecular complexity index is 405. The fraction of sp³-hybridized carbons (Fsp3) is 0.923. The second-order valence-electron chi connectivity index (χ2n) is 5.64. The van der Waals surface area contributed by atoms with Crippen molar-refractivity contribution in [1.29, 1.82) is 0 Å². The second kappa shape index (κ2) is 5.54. The third kappa shape index (κ3) is 2.65. The highest BCUT2D eigenvalue weighted by Gasteiger charge is 2.37. The molecular formula is C13H22N4O2. The van der Waals surface area contributed by atoms with E-state index in [-0.39, 0.29) is 5.60 Å². The van der Waals surface area contributed by atoms with E-state index in [0.717, 1.165) is 57.7 Å². The minimum Gasteiger partial charge on any atom is -0.381 e. The minimum absolute atomic E-state index is 0.0822. The summed E-state index contributed by atoms with van der Waals surface area (Å²) < 4.78 is 13.0. The van der Waals surface area contributed by atoms with Gasteiger partial charge in [-0.05, 0) is 49.0 Å². The number of aryl methyl sites for hydroxylation is 1. The number of rotatable bonds is 5. The number of hydrogen-bond acceptors (Lipinski definition) is 5. The number of aromatic nitrogens is 4. The molecule has 1 aliphatic heterocycles. The number of methoxy groups -OCH3 is 1. The highest BCUT2D eigenvalue weighted by molar-refractivity contribution is 4.96. The van der Waals surface area contributed by atoms with E-state index in [4.69, 9.17) is 9.47 Å². The van der Waals surface area contributed by atoms with E-state index in [9.17, 15) is 0 Å². The van der Waals surface area contributed by atoms with E-state index >= 15 is 0 Å². The van der Waals surface area contributed by atoms with Crippen LogP contribution in [0.2, 0.25) is 0 Å². The summed E-state index contributed by atoms with van der Waals surface area (Å²) in [7, 11) is 1.82. The van der Waals surface area contributed by atoms with E-state index in [1.807, 2.05) is 11.8 Å². The molecule has 2 aliphatic rings. The monoisotopic (exact) mass is 266 g/mol. The lowest BCUT2D eigenvalue weighted by Crippen LogP contribution is -2.40. The standard InChI is InChI=1S/C13H22N4O2/c1-18-13(5-2-6-13)7-8-17-12(14-15-16-17)11-3-9-19-10-4-11/h11H,2-10H2,1H3. The Hall–Kier alpha value is -1.01. The fourth-order valence-electron chi connectivity index (χ4n) is 3.06. The zero-order valence-corrected chi connectivity index (χ0v) is 11.5. The lowest BCUT2D eigenvalue weighted by molar-refractivity contribution is -0.0807. The van der Waals surface area contributed by atoms with E-state index in [1.54, 1.807) is 0 Å². The maximum atomic E-state index is 5.66. The summed E-state index contributed by atoms with van der Waals surface area (Å²) in [6.45, 7) is 2.49. The molecule has 1 aromatic heterocycles. The number of tetrazole rings is 1. The van der Waals surface area contributed by atoms with Crippen LogP contribution in [0.3, 0.4) is 0 Å². The Balaban J connectivity index is 1.63. The molecule has 19 heavy (non-hydrogen) atoms. The first-order valence-electron chi connectivity index (χ1n) is 7.22. The number of nitrogens with zero attached hydrogens (tertiary/aromatic N) is 4. The molecule has 0 N–H and O–H groups in total. The molecular weight excluding hydrogens is 244 g/mol. The molecule has 6 heteroatoms. The van der Waals surface area contributed by atoms with Gasteiger partial charge in [0.05, 0.1) is 5.60 Å². The molecule has 0 bridgehead atoms. The van der Waals surface area contributed by atoms with Crippen molar-refractivity contribution in [2.45, 2.75) is 56.6 Å². The molecule has 0 amide bonds. The molecule has 0 atom stereocenters. The maximum absolute atomic E-state index is 5.66. The van der Waals surface area contributed by atoms with E-state index in [1.165, 1.54) is 6.42 Å². The van der Waals surface area contributed by atoms with Crippen molar-refractivity contribution in [2.75, 3.05) is 20.3 Å². The Morgan fingerprint density at radius 1 is 1.37 bits per heavy atom. The van der Waals surface area contributed by atoms with Gasteiger partial charge in [0, 0.05) is 32.8 Å². The molecule has 6 nitrogen and oxygen atoms in total. The first-order chi connectivity index (χ1) is 9.33. The predicted octanol–water partition coefficient (Wildman–Crippen LogP) is 1.53. The maximum Gasteiger partial charge on any atom is 0.154 e. The minimum atomic E-state index is 0.0822. The summed E-state index contributed by atoms with van der Waals surface area (Å²) in [5.41, 5.74) is 0.0822. The molecule has 0 aromatic carbocycles. The van der Waals surface area contributed by atoms with Crippen LogP contribution in [0.1, 0.15) is 50.3 Å². The van der Waals surface area contributed by atoms with Crippen molar-refractivity contribution in [3.05, 3.63) is 5.82 Å². The Morgan fingerprint density at radius 3 is 2.79 bits per heavy atom. The van der Waals surface area contributed by atoms with Crippen LogP contribution in [-0.2, 0) is 16.0 Å². The van der Waals surface area contributed by atoms with Crippen molar-refractivity contribution in [2.24, 2.45) is 0 Å². The van der Waals surface area contributed by atoms with Crippen molar-refractivity contribution in [1.82, 2.24) is 20.2 Å². The summed E-state index contributed by atoms with van der Waals surface area (Å²) in [5, 5.41) is 12.2. The molecule has 0 spiro atoms. The summed E-state index contributed by atoms with van der Waals surface area (Å²) >= 11 is 0. The molecule has 1 aliphatic carbocycles. The first-order valence-corrected chi connectivity index (χ1v) is 7.22. The molecule has 0 radical (unpaired) electrons. The van der Waals surface area contributed by atoms with Crippen molar-refractivity contribution >= 4 is 0 Å². The topological polar surface area (TPSA) is 62.1 Å². The second-order valence-corrected chi connectivity index (χ2v) is 5.64. The smallest absolute Gasteiger partial charge is 0.154 e. The average Bonchev–Trinajstić information content (AvgIpc) is 2.87. The summed E-state index contributed by atoms with van der Waals surface area (Å²) in [5.74, 6) is 1.47. The van der Waals surface area contributed by atoms with Crippen molar-refractivity contribution in [3.8, 4) is 0 Å². The first kappa shape index (κ1) is 13.0. The third-order valence-electron chi connectivity index (χ3n) is 4.62. The van der Waals surface area contributed by atoms with Crippen LogP contribution in [0.4, 0.5) is 0 Å². The molecule has 3 rings (SSSR count). The van der Waals surface area contributed by atoms with Gasteiger partial charge in [0.15, 0.2) is 5.82 Å². The summed E-state index contributed by atoms with van der Waals surface area (Å²) in [6.07, 6.45) is 6.66. The molecule has 1 saturated carbocycles. The highest BCUT2D eigenvalue weighted by atomic mass is 16.5. The van der Waals surface area contributed by atoms with Gasteiger partial charge in [-0.3, -0.25) is 0 Å². The van der Waals surface area contributed by atoms with Crippen molar-refractivity contribution in [3.63, 3.8) is 0 Å². The zero-order chi connectivity index (χ0) is 13.1. The van der Waals surface area contributed by atoms with Crippen LogP contribution in [0, 0.1) is 0 Å². The Kier molecular flexibility index (Phi) is 3.79. The molecule has 1 saturated heterocycles. The number of hydrogen-bond donors (Lipinski definition) is 0. The predicted molar refractivity (Wildman–Crippen MR) is 68.8 cm³/mol. The summed E-state index contributed by atoms with van der Waals surface area (Å²) in [4.78, 5) is 0. The van der Waals surface area contributed by atoms with Gasteiger partial charge >= 0.3 is 0 Å². The van der Waals surface area contributed by atoms with Crippen LogP contribution in [0.15, 0.2) is 0 Å². The zero-order valence-electron chi connectivity index (χ0n) is 11.5. The fourth-order valence-corrected chi connectivity index (χ4v) is 3.06. The molecule has 106 valence electrons. The van der Waals surface area contributed by atoms with Gasteiger partial charge in [-0.2, -0.15) is 0 Å².